The molecule has 0 atom stereocenters. The van der Waals surface area contributed by atoms with Crippen molar-refractivity contribution in [1.82, 2.24) is 0 Å². The van der Waals surface area contributed by atoms with E-state index < -0.39 is 0 Å². The highest BCUT2D eigenvalue weighted by atomic mass is 16.2. The van der Waals surface area contributed by atoms with Crippen LogP contribution in [-0.4, -0.2) is 42.4 Å². The van der Waals surface area contributed by atoms with Crippen LogP contribution in [-0.2, 0) is 4.79 Å². The summed E-state index contributed by atoms with van der Waals surface area (Å²) in [6.45, 7) is 3.38. The van der Waals surface area contributed by atoms with Gasteiger partial charge in [0.2, 0.25) is 0 Å². The summed E-state index contributed by atoms with van der Waals surface area (Å²) in [5.41, 5.74) is 0. The van der Waals surface area contributed by atoms with E-state index in [4.69, 9.17) is 20.1 Å². The Bertz CT molecular complexity index is 23.7. The fourth-order valence-corrected chi connectivity index (χ4v) is 0. The summed E-state index contributed by atoms with van der Waals surface area (Å²) in [5, 5.41) is 21.6. The number of rotatable bonds is 0. The largest absolute Gasteiger partial charge is 0.400 e. The second-order valence-corrected chi connectivity index (χ2v) is 0.552. The molecule has 10 heavy (non-hydrogen) atoms. The number of aldehydes is 1. The Morgan fingerprint density at radius 1 is 1.20 bits per heavy atom. The first-order chi connectivity index (χ1) is 4.83. The summed E-state index contributed by atoms with van der Waals surface area (Å²) in [5.74, 6) is 0. The number of carbonyl (C=O) groups is 1. The molecule has 0 unspecified atom stereocenters. The second kappa shape index (κ2) is 203. The van der Waals surface area contributed by atoms with Gasteiger partial charge in [0.05, 0.1) is 0 Å². The Balaban J connectivity index is -0.0000000246. The van der Waals surface area contributed by atoms with Crippen LogP contribution in [0, 0.1) is 0 Å². The molecular weight excluding hydrogens is 136 g/mol. The summed E-state index contributed by atoms with van der Waals surface area (Å²) in [4.78, 5) is 8.81. The van der Waals surface area contributed by atoms with Gasteiger partial charge in [-0.05, 0) is 13.8 Å². The third-order valence-corrected chi connectivity index (χ3v) is 0. The van der Waals surface area contributed by atoms with Crippen molar-refractivity contribution in [2.75, 3.05) is 20.8 Å². The number of aliphatic hydroxyl groups is 3. The molecule has 0 bridgehead atoms. The minimum atomic E-state index is 0.250. The Hall–Kier alpha value is -0.450. The molecule has 66 valence electrons. The third kappa shape index (κ3) is 1600. The first kappa shape index (κ1) is 22.7. The van der Waals surface area contributed by atoms with E-state index in [9.17, 15) is 0 Å². The van der Waals surface area contributed by atoms with Crippen molar-refractivity contribution in [3.05, 3.63) is 0 Å². The van der Waals surface area contributed by atoms with E-state index in [0.717, 1.165) is 20.5 Å². The van der Waals surface area contributed by atoms with E-state index in [2.05, 4.69) is 0 Å². The average Bonchev–Trinajstić information content (AvgIpc) is 1.99. The van der Waals surface area contributed by atoms with Crippen LogP contribution in [0.2, 0.25) is 0 Å². The predicted molar refractivity (Wildman–Crippen MR) is 40.8 cm³/mol. The Morgan fingerprint density at radius 3 is 1.20 bits per heavy atom. The first-order valence-corrected chi connectivity index (χ1v) is 2.73. The molecule has 0 aliphatic heterocycles. The maximum absolute atomic E-state index is 8.81. The zero-order valence-corrected chi connectivity index (χ0v) is 7.03. The van der Waals surface area contributed by atoms with Gasteiger partial charge in [-0.15, -0.1) is 0 Å². The molecule has 4 heteroatoms. The van der Waals surface area contributed by atoms with Crippen LogP contribution in [0.25, 0.3) is 0 Å². The van der Waals surface area contributed by atoms with Gasteiger partial charge in [0.15, 0.2) is 0 Å². The van der Waals surface area contributed by atoms with Gasteiger partial charge in [-0.25, -0.2) is 0 Å². The normalized spacial score (nSPS) is 4.30. The lowest BCUT2D eigenvalue weighted by Gasteiger charge is -1.52. The fraction of sp³-hybridized carbons (Fsp3) is 0.833. The zero-order chi connectivity index (χ0) is 9.41. The molecule has 0 aliphatic rings. The monoisotopic (exact) mass is 154 g/mol. The van der Waals surface area contributed by atoms with E-state index in [1.807, 2.05) is 0 Å². The minimum Gasteiger partial charge on any atom is -0.400 e. The zero-order valence-electron chi connectivity index (χ0n) is 7.03. The number of hydrogen-bond donors (Lipinski definition) is 3. The molecule has 0 saturated heterocycles. The fourth-order valence-electron chi connectivity index (χ4n) is 0. The summed E-state index contributed by atoms with van der Waals surface area (Å²) in [7, 11) is 2.00. The molecule has 0 aromatic carbocycles. The minimum absolute atomic E-state index is 0.250. The van der Waals surface area contributed by atoms with E-state index in [0.29, 0.717) is 0 Å². The molecule has 4 nitrogen and oxygen atoms in total. The molecule has 0 heterocycles. The molecular formula is C6H18O4. The van der Waals surface area contributed by atoms with E-state index in [-0.39, 0.29) is 6.61 Å². The lowest BCUT2D eigenvalue weighted by molar-refractivity contribution is -0.106. The van der Waals surface area contributed by atoms with E-state index in [1.54, 1.807) is 6.92 Å². The van der Waals surface area contributed by atoms with Crippen molar-refractivity contribution >= 4 is 6.29 Å². The van der Waals surface area contributed by atoms with Crippen LogP contribution in [0.3, 0.4) is 0 Å². The highest BCUT2D eigenvalue weighted by Crippen LogP contribution is 1.30. The predicted octanol–water partition coefficient (Wildman–Crippen LogP) is -0.579. The summed E-state index contributed by atoms with van der Waals surface area (Å²) >= 11 is 0. The van der Waals surface area contributed by atoms with Crippen molar-refractivity contribution < 1.29 is 20.1 Å². The lowest BCUT2D eigenvalue weighted by atomic mass is 10.9. The van der Waals surface area contributed by atoms with Crippen molar-refractivity contribution in [2.24, 2.45) is 0 Å². The van der Waals surface area contributed by atoms with Crippen molar-refractivity contribution in [3.63, 3.8) is 0 Å². The van der Waals surface area contributed by atoms with Crippen LogP contribution >= 0.6 is 0 Å². The maximum Gasteiger partial charge on any atom is 0.116 e. The molecule has 0 rings (SSSR count). The average molecular weight is 154 g/mol. The molecule has 0 aromatic rings. The van der Waals surface area contributed by atoms with Gasteiger partial charge in [-0.3, -0.25) is 0 Å². The van der Waals surface area contributed by atoms with E-state index in [1.165, 1.54) is 6.92 Å². The van der Waals surface area contributed by atoms with Crippen LogP contribution < -0.4 is 0 Å². The Kier molecular flexibility index (Phi) is 460. The Labute approximate surface area is 62.1 Å². The van der Waals surface area contributed by atoms with Gasteiger partial charge in [-0.1, -0.05) is 0 Å². The maximum atomic E-state index is 8.81. The molecule has 0 aromatic heterocycles. The highest BCUT2D eigenvalue weighted by molar-refractivity contribution is 5.44. The van der Waals surface area contributed by atoms with Gasteiger partial charge >= 0.3 is 0 Å². The summed E-state index contributed by atoms with van der Waals surface area (Å²) in [6.07, 6.45) is 0.750. The van der Waals surface area contributed by atoms with E-state index >= 15 is 0 Å². The van der Waals surface area contributed by atoms with Crippen molar-refractivity contribution in [3.8, 4) is 0 Å². The van der Waals surface area contributed by atoms with Gasteiger partial charge < -0.3 is 20.1 Å². The summed E-state index contributed by atoms with van der Waals surface area (Å²) < 4.78 is 0. The topological polar surface area (TPSA) is 77.8 Å². The smallest absolute Gasteiger partial charge is 0.116 e. The SMILES string of the molecule is CC=O.CCO.CO.CO. The molecule has 0 radical (unpaired) electrons. The summed E-state index contributed by atoms with van der Waals surface area (Å²) in [6, 6.07) is 0. The molecule has 0 aliphatic carbocycles. The molecule has 0 amide bonds. The van der Waals surface area contributed by atoms with Gasteiger partial charge in [0, 0.05) is 20.8 Å². The van der Waals surface area contributed by atoms with Crippen LogP contribution in [0.15, 0.2) is 0 Å². The number of carbonyl (C=O) groups excluding carboxylic acids is 1. The van der Waals surface area contributed by atoms with Gasteiger partial charge in [0.25, 0.3) is 0 Å². The molecule has 0 fully saturated rings. The Morgan fingerprint density at radius 2 is 1.20 bits per heavy atom. The standard InChI is InChI=1S/C2H6O.C2H4O.2CH4O/c2*1-2-3;2*1-2/h3H,2H2,1H3;2H,1H3;2*2H,1H3. The first-order valence-electron chi connectivity index (χ1n) is 2.73. The number of aliphatic hydroxyl groups excluding tert-OH is 3. The lowest BCUT2D eigenvalue weighted by Crippen LogP contribution is -1.57. The van der Waals surface area contributed by atoms with Gasteiger partial charge in [0.1, 0.15) is 6.29 Å². The quantitative estimate of drug-likeness (QED) is 0.408. The van der Waals surface area contributed by atoms with Gasteiger partial charge in [-0.2, -0.15) is 0 Å². The molecule has 3 N–H and O–H groups in total. The van der Waals surface area contributed by atoms with Crippen LogP contribution in [0.4, 0.5) is 0 Å². The van der Waals surface area contributed by atoms with Crippen LogP contribution in [0.5, 0.6) is 0 Å². The number of hydrogen-bond acceptors (Lipinski definition) is 4. The second-order valence-electron chi connectivity index (χ2n) is 0.552. The van der Waals surface area contributed by atoms with Crippen LogP contribution in [0.1, 0.15) is 13.8 Å². The van der Waals surface area contributed by atoms with Crippen molar-refractivity contribution in [2.45, 2.75) is 13.8 Å². The molecule has 0 spiro atoms. The third-order valence-electron chi connectivity index (χ3n) is 0. The van der Waals surface area contributed by atoms with Crippen molar-refractivity contribution in [1.29, 1.82) is 0 Å². The highest BCUT2D eigenvalue weighted by Gasteiger charge is 1.34. The molecule has 0 saturated carbocycles.